The summed E-state index contributed by atoms with van der Waals surface area (Å²) in [6.07, 6.45) is -0.530. The number of aliphatic hydroxyl groups is 1. The normalized spacial score (nSPS) is 13.5. The van der Waals surface area contributed by atoms with Gasteiger partial charge in [-0.1, -0.05) is 30.3 Å². The van der Waals surface area contributed by atoms with Gasteiger partial charge in [-0.25, -0.2) is 0 Å². The molecule has 1 rings (SSSR count). The molecule has 4 amide bonds. The first-order valence-corrected chi connectivity index (χ1v) is 9.28. The number of carbonyl (C=O) groups is 4. The van der Waals surface area contributed by atoms with Gasteiger partial charge in [0.2, 0.25) is 23.6 Å². The molecule has 0 heterocycles. The molecule has 0 fully saturated rings. The molecular weight excluding hydrogens is 378 g/mol. The van der Waals surface area contributed by atoms with Gasteiger partial charge in [0.1, 0.15) is 6.04 Å². The topological polar surface area (TPSA) is 163 Å². The third kappa shape index (κ3) is 9.67. The molecule has 3 unspecified atom stereocenters. The molecule has 0 spiro atoms. The van der Waals surface area contributed by atoms with Crippen LogP contribution in [0, 0.1) is 0 Å². The van der Waals surface area contributed by atoms with Crippen LogP contribution < -0.4 is 27.0 Å². The van der Waals surface area contributed by atoms with Crippen molar-refractivity contribution >= 4 is 23.6 Å². The Bertz CT molecular complexity index is 695. The van der Waals surface area contributed by atoms with Crippen molar-refractivity contribution in [2.45, 2.75) is 38.5 Å². The molecular formula is C19H29N5O5. The minimum atomic E-state index is -0.943. The second-order valence-corrected chi connectivity index (χ2v) is 6.61. The largest absolute Gasteiger partial charge is 0.391 e. The molecule has 160 valence electrons. The van der Waals surface area contributed by atoms with Crippen LogP contribution in [-0.2, 0) is 25.6 Å². The lowest BCUT2D eigenvalue weighted by Gasteiger charge is -2.20. The van der Waals surface area contributed by atoms with Gasteiger partial charge in [0.25, 0.3) is 0 Å². The van der Waals surface area contributed by atoms with Gasteiger partial charge in [-0.05, 0) is 19.4 Å². The van der Waals surface area contributed by atoms with E-state index in [1.807, 2.05) is 6.07 Å². The quantitative estimate of drug-likeness (QED) is 0.244. The summed E-state index contributed by atoms with van der Waals surface area (Å²) in [6, 6.07) is 7.63. The molecule has 0 radical (unpaired) electrons. The molecule has 1 aromatic rings. The summed E-state index contributed by atoms with van der Waals surface area (Å²) in [5, 5.41) is 19.3. The fourth-order valence-electron chi connectivity index (χ4n) is 2.27. The summed E-state index contributed by atoms with van der Waals surface area (Å²) in [7, 11) is 0. The van der Waals surface area contributed by atoms with Crippen molar-refractivity contribution in [2.75, 3.05) is 19.6 Å². The highest BCUT2D eigenvalue weighted by Crippen LogP contribution is 2.03. The summed E-state index contributed by atoms with van der Waals surface area (Å²) < 4.78 is 0. The maximum Gasteiger partial charge on any atom is 0.243 e. The van der Waals surface area contributed by atoms with Gasteiger partial charge in [-0.15, -0.1) is 0 Å². The zero-order valence-electron chi connectivity index (χ0n) is 16.6. The number of rotatable bonds is 11. The molecule has 10 nitrogen and oxygen atoms in total. The van der Waals surface area contributed by atoms with E-state index < -0.39 is 41.8 Å². The third-order valence-electron chi connectivity index (χ3n) is 4.10. The van der Waals surface area contributed by atoms with Gasteiger partial charge in [0, 0.05) is 6.42 Å². The SMILES string of the molecule is CC(O)C(C)NC(=O)CNC(=O)C(Cc1ccccc1)NC(=O)CNC(=O)CN. The molecule has 10 heteroatoms. The monoisotopic (exact) mass is 407 g/mol. The van der Waals surface area contributed by atoms with Gasteiger partial charge in [-0.2, -0.15) is 0 Å². The zero-order chi connectivity index (χ0) is 21.8. The fraction of sp³-hybridized carbons (Fsp3) is 0.474. The lowest BCUT2D eigenvalue weighted by Crippen LogP contribution is -2.53. The van der Waals surface area contributed by atoms with E-state index >= 15 is 0 Å². The van der Waals surface area contributed by atoms with Crippen LogP contribution in [0.2, 0.25) is 0 Å². The average molecular weight is 407 g/mol. The van der Waals surface area contributed by atoms with Crippen molar-refractivity contribution in [3.63, 3.8) is 0 Å². The Morgan fingerprint density at radius 1 is 0.931 bits per heavy atom. The Morgan fingerprint density at radius 3 is 2.10 bits per heavy atom. The number of nitrogens with two attached hydrogens (primary N) is 1. The smallest absolute Gasteiger partial charge is 0.243 e. The standard InChI is InChI=1S/C19H29N5O5/c1-12(13(2)25)23-17(27)11-22-19(29)15(8-14-6-4-3-5-7-14)24-18(28)10-21-16(26)9-20/h3-7,12-13,15,25H,8-11,20H2,1-2H3,(H,21,26)(H,22,29)(H,23,27)(H,24,28). The van der Waals surface area contributed by atoms with Crippen molar-refractivity contribution in [3.05, 3.63) is 35.9 Å². The zero-order valence-corrected chi connectivity index (χ0v) is 16.6. The van der Waals surface area contributed by atoms with E-state index in [2.05, 4.69) is 21.3 Å². The lowest BCUT2D eigenvalue weighted by atomic mass is 10.1. The van der Waals surface area contributed by atoms with E-state index in [9.17, 15) is 24.3 Å². The molecule has 0 bridgehead atoms. The Kier molecular flexibility index (Phi) is 10.3. The van der Waals surface area contributed by atoms with Gasteiger partial charge < -0.3 is 32.1 Å². The van der Waals surface area contributed by atoms with E-state index in [4.69, 9.17) is 5.73 Å². The molecule has 0 saturated carbocycles. The van der Waals surface area contributed by atoms with E-state index in [0.717, 1.165) is 5.56 Å². The van der Waals surface area contributed by atoms with Crippen LogP contribution in [0.5, 0.6) is 0 Å². The Morgan fingerprint density at radius 2 is 1.52 bits per heavy atom. The number of amides is 4. The van der Waals surface area contributed by atoms with Crippen molar-refractivity contribution in [1.29, 1.82) is 0 Å². The van der Waals surface area contributed by atoms with Crippen molar-refractivity contribution in [1.82, 2.24) is 21.3 Å². The number of carbonyl (C=O) groups excluding carboxylic acids is 4. The maximum atomic E-state index is 12.5. The molecule has 0 aliphatic heterocycles. The van der Waals surface area contributed by atoms with Crippen LogP contribution in [0.15, 0.2) is 30.3 Å². The molecule has 0 aliphatic carbocycles. The average Bonchev–Trinajstić information content (AvgIpc) is 2.70. The number of aliphatic hydroxyl groups excluding tert-OH is 1. The molecule has 1 aromatic carbocycles. The Hall–Kier alpha value is -2.98. The van der Waals surface area contributed by atoms with E-state index in [1.165, 1.54) is 0 Å². The second kappa shape index (κ2) is 12.5. The minimum Gasteiger partial charge on any atom is -0.391 e. The van der Waals surface area contributed by atoms with E-state index in [1.54, 1.807) is 38.1 Å². The second-order valence-electron chi connectivity index (χ2n) is 6.61. The van der Waals surface area contributed by atoms with Crippen molar-refractivity contribution < 1.29 is 24.3 Å². The van der Waals surface area contributed by atoms with Gasteiger partial charge in [-0.3, -0.25) is 19.2 Å². The van der Waals surface area contributed by atoms with Crippen LogP contribution in [-0.4, -0.2) is 66.6 Å². The van der Waals surface area contributed by atoms with Gasteiger partial charge in [0.15, 0.2) is 0 Å². The number of hydrogen-bond donors (Lipinski definition) is 6. The minimum absolute atomic E-state index is 0.203. The number of hydrogen-bond acceptors (Lipinski definition) is 6. The maximum absolute atomic E-state index is 12.5. The molecule has 0 saturated heterocycles. The van der Waals surface area contributed by atoms with Gasteiger partial charge >= 0.3 is 0 Å². The summed E-state index contributed by atoms with van der Waals surface area (Å²) in [6.45, 7) is 2.31. The van der Waals surface area contributed by atoms with Crippen molar-refractivity contribution in [2.24, 2.45) is 5.73 Å². The summed E-state index contributed by atoms with van der Waals surface area (Å²) in [5.74, 6) is -2.07. The van der Waals surface area contributed by atoms with E-state index in [0.29, 0.717) is 0 Å². The van der Waals surface area contributed by atoms with Crippen molar-refractivity contribution in [3.8, 4) is 0 Å². The molecule has 7 N–H and O–H groups in total. The summed E-state index contributed by atoms with van der Waals surface area (Å²) in [5.41, 5.74) is 5.98. The Labute approximate surface area is 169 Å². The van der Waals surface area contributed by atoms with Crippen LogP contribution in [0.4, 0.5) is 0 Å². The first kappa shape index (κ1) is 24.1. The number of benzene rings is 1. The number of nitrogens with one attached hydrogen (secondary N) is 4. The highest BCUT2D eigenvalue weighted by atomic mass is 16.3. The summed E-state index contributed by atoms with van der Waals surface area (Å²) in [4.78, 5) is 47.7. The third-order valence-corrected chi connectivity index (χ3v) is 4.10. The first-order chi connectivity index (χ1) is 13.7. The first-order valence-electron chi connectivity index (χ1n) is 9.28. The van der Waals surface area contributed by atoms with Crippen LogP contribution in [0.1, 0.15) is 19.4 Å². The molecule has 29 heavy (non-hydrogen) atoms. The predicted molar refractivity (Wildman–Crippen MR) is 106 cm³/mol. The molecule has 0 aromatic heterocycles. The molecule has 3 atom stereocenters. The Balaban J connectivity index is 2.68. The molecule has 0 aliphatic rings. The van der Waals surface area contributed by atoms with Crippen LogP contribution in [0.25, 0.3) is 0 Å². The van der Waals surface area contributed by atoms with Crippen LogP contribution in [0.3, 0.4) is 0 Å². The predicted octanol–water partition coefficient (Wildman–Crippen LogP) is -2.21. The van der Waals surface area contributed by atoms with Gasteiger partial charge in [0.05, 0.1) is 31.8 Å². The highest BCUT2D eigenvalue weighted by Gasteiger charge is 2.22. The van der Waals surface area contributed by atoms with Crippen LogP contribution >= 0.6 is 0 Å². The fourth-order valence-corrected chi connectivity index (χ4v) is 2.27. The van der Waals surface area contributed by atoms with E-state index in [-0.39, 0.29) is 26.1 Å². The summed E-state index contributed by atoms with van der Waals surface area (Å²) >= 11 is 0. The highest BCUT2D eigenvalue weighted by molar-refractivity contribution is 5.92. The lowest BCUT2D eigenvalue weighted by molar-refractivity contribution is -0.131.